The number of carbonyl (C=O) groups excluding carboxylic acids is 1. The molecule has 0 saturated carbocycles. The van der Waals surface area contributed by atoms with E-state index >= 15 is 0 Å². The number of pyridine rings is 1. The third-order valence-electron chi connectivity index (χ3n) is 2.96. The number of hydrogen-bond donors (Lipinski definition) is 0. The van der Waals surface area contributed by atoms with Gasteiger partial charge in [0.05, 0.1) is 15.1 Å². The Kier molecular flexibility index (Phi) is 3.64. The molecule has 2 heterocycles. The highest BCUT2D eigenvalue weighted by molar-refractivity contribution is 7.21. The Balaban J connectivity index is 2.03. The zero-order valence-electron chi connectivity index (χ0n) is 11.4. The van der Waals surface area contributed by atoms with Crippen LogP contribution in [0.3, 0.4) is 0 Å². The maximum absolute atomic E-state index is 13.9. The molecule has 7 heteroatoms. The van der Waals surface area contributed by atoms with E-state index in [1.807, 2.05) is 0 Å². The molecule has 0 aliphatic carbocycles. The first-order chi connectivity index (χ1) is 10.6. The molecular formula is C15H9FN2O3S. The quantitative estimate of drug-likeness (QED) is 0.511. The minimum Gasteiger partial charge on any atom is -0.453 e. The van der Waals surface area contributed by atoms with Crippen LogP contribution in [0.1, 0.15) is 16.6 Å². The average molecular weight is 316 g/mol. The van der Waals surface area contributed by atoms with Crippen LogP contribution in [0.2, 0.25) is 0 Å². The van der Waals surface area contributed by atoms with Gasteiger partial charge in [0.2, 0.25) is 0 Å². The number of benzene rings is 1. The summed E-state index contributed by atoms with van der Waals surface area (Å²) in [4.78, 5) is 26.5. The molecule has 0 atom stereocenters. The van der Waals surface area contributed by atoms with Crippen LogP contribution in [0.4, 0.5) is 10.1 Å². The van der Waals surface area contributed by atoms with E-state index in [0.717, 1.165) is 6.07 Å². The van der Waals surface area contributed by atoms with Crippen molar-refractivity contribution < 1.29 is 13.9 Å². The van der Waals surface area contributed by atoms with Gasteiger partial charge in [-0.1, -0.05) is 0 Å². The van der Waals surface area contributed by atoms with Crippen molar-refractivity contribution in [2.24, 2.45) is 5.18 Å². The summed E-state index contributed by atoms with van der Waals surface area (Å²) < 4.78 is 20.1. The molecule has 2 aromatic heterocycles. The summed E-state index contributed by atoms with van der Waals surface area (Å²) in [5, 5.41) is 2.66. The summed E-state index contributed by atoms with van der Waals surface area (Å²) >= 11 is 1.24. The predicted octanol–water partition coefficient (Wildman–Crippen LogP) is 4.83. The van der Waals surface area contributed by atoms with Crippen LogP contribution >= 0.6 is 11.3 Å². The van der Waals surface area contributed by atoms with Crippen molar-refractivity contribution in [3.05, 3.63) is 52.1 Å². The molecule has 5 nitrogen and oxygen atoms in total. The minimum atomic E-state index is -0.689. The molecule has 1 aromatic carbocycles. The SMILES string of the molecule is CC(=O)c1cc2nccc(Oc3ccc(N=O)cc3F)c2s1. The summed E-state index contributed by atoms with van der Waals surface area (Å²) in [6.07, 6.45) is 1.52. The van der Waals surface area contributed by atoms with E-state index in [4.69, 9.17) is 4.74 Å². The van der Waals surface area contributed by atoms with Crippen LogP contribution < -0.4 is 4.74 Å². The number of ketones is 1. The van der Waals surface area contributed by atoms with Crippen LogP contribution in [0.25, 0.3) is 10.2 Å². The summed E-state index contributed by atoms with van der Waals surface area (Å²) in [7, 11) is 0. The number of nitrogens with zero attached hydrogens (tertiary/aromatic N) is 2. The van der Waals surface area contributed by atoms with E-state index in [-0.39, 0.29) is 17.2 Å². The first-order valence-corrected chi connectivity index (χ1v) is 7.10. The third-order valence-corrected chi connectivity index (χ3v) is 4.20. The van der Waals surface area contributed by atoms with Gasteiger partial charge in [-0.05, 0) is 30.3 Å². The standard InChI is InChI=1S/C15H9FN2O3S/c1-8(19)14-7-11-15(22-14)13(4-5-17-11)21-12-3-2-9(18-20)6-10(12)16/h2-7H,1H3. The van der Waals surface area contributed by atoms with E-state index in [9.17, 15) is 14.1 Å². The van der Waals surface area contributed by atoms with Crippen LogP contribution in [-0.2, 0) is 0 Å². The maximum atomic E-state index is 13.9. The molecule has 3 aromatic rings. The molecule has 110 valence electrons. The molecule has 0 aliphatic heterocycles. The van der Waals surface area contributed by atoms with Gasteiger partial charge < -0.3 is 4.74 Å². The van der Waals surface area contributed by atoms with Gasteiger partial charge in [-0.2, -0.15) is 0 Å². The minimum absolute atomic E-state index is 0.0142. The lowest BCUT2D eigenvalue weighted by Crippen LogP contribution is -1.88. The highest BCUT2D eigenvalue weighted by Crippen LogP contribution is 2.36. The second-order valence-corrected chi connectivity index (χ2v) is 5.55. The summed E-state index contributed by atoms with van der Waals surface area (Å²) in [5.74, 6) is -0.391. The van der Waals surface area contributed by atoms with Gasteiger partial charge in [-0.3, -0.25) is 9.78 Å². The first kappa shape index (κ1) is 14.3. The average Bonchev–Trinajstić information content (AvgIpc) is 2.94. The van der Waals surface area contributed by atoms with Crippen molar-refractivity contribution in [3.63, 3.8) is 0 Å². The molecule has 3 rings (SSSR count). The van der Waals surface area contributed by atoms with Crippen LogP contribution in [0, 0.1) is 10.7 Å². The monoisotopic (exact) mass is 316 g/mol. The molecule has 0 fully saturated rings. The number of aromatic nitrogens is 1. The van der Waals surface area contributed by atoms with Gasteiger partial charge in [0.1, 0.15) is 11.4 Å². The Hall–Kier alpha value is -2.67. The molecular weight excluding hydrogens is 307 g/mol. The number of fused-ring (bicyclic) bond motifs is 1. The second-order valence-electron chi connectivity index (χ2n) is 4.50. The van der Waals surface area contributed by atoms with E-state index in [1.54, 1.807) is 12.1 Å². The summed E-state index contributed by atoms with van der Waals surface area (Å²) in [6, 6.07) is 6.95. The lowest BCUT2D eigenvalue weighted by molar-refractivity contribution is 0.102. The maximum Gasteiger partial charge on any atom is 0.169 e. The fraction of sp³-hybridized carbons (Fsp3) is 0.0667. The lowest BCUT2D eigenvalue weighted by atomic mass is 10.3. The second kappa shape index (κ2) is 5.61. The van der Waals surface area contributed by atoms with Crippen LogP contribution in [0.5, 0.6) is 11.5 Å². The van der Waals surface area contributed by atoms with Crippen LogP contribution in [-0.4, -0.2) is 10.8 Å². The summed E-state index contributed by atoms with van der Waals surface area (Å²) in [6.45, 7) is 1.47. The molecule has 0 amide bonds. The largest absolute Gasteiger partial charge is 0.453 e. The number of carbonyl (C=O) groups is 1. The molecule has 22 heavy (non-hydrogen) atoms. The molecule has 0 spiro atoms. The number of hydrogen-bond acceptors (Lipinski definition) is 6. The summed E-state index contributed by atoms with van der Waals surface area (Å²) in [5.41, 5.74) is 0.596. The number of ether oxygens (including phenoxy) is 1. The van der Waals surface area contributed by atoms with Crippen molar-refractivity contribution in [1.29, 1.82) is 0 Å². The molecule has 0 unspecified atom stereocenters. The van der Waals surface area contributed by atoms with E-state index in [0.29, 0.717) is 20.8 Å². The van der Waals surface area contributed by atoms with Crippen LogP contribution in [0.15, 0.2) is 41.7 Å². The zero-order valence-corrected chi connectivity index (χ0v) is 12.2. The molecule has 0 bridgehead atoms. The van der Waals surface area contributed by atoms with Gasteiger partial charge in [-0.25, -0.2) is 4.39 Å². The number of rotatable bonds is 4. The van der Waals surface area contributed by atoms with E-state index in [2.05, 4.69) is 10.2 Å². The van der Waals surface area contributed by atoms with Gasteiger partial charge in [-0.15, -0.1) is 16.2 Å². The Morgan fingerprint density at radius 2 is 2.09 bits per heavy atom. The smallest absolute Gasteiger partial charge is 0.169 e. The van der Waals surface area contributed by atoms with Gasteiger partial charge in [0, 0.05) is 18.3 Å². The number of thiophene rings is 1. The van der Waals surface area contributed by atoms with Gasteiger partial charge in [0.15, 0.2) is 17.3 Å². The third kappa shape index (κ3) is 2.58. The highest BCUT2D eigenvalue weighted by atomic mass is 32.1. The fourth-order valence-electron chi connectivity index (χ4n) is 1.92. The normalized spacial score (nSPS) is 10.6. The van der Waals surface area contributed by atoms with Crippen molar-refractivity contribution >= 4 is 33.0 Å². The highest BCUT2D eigenvalue weighted by Gasteiger charge is 2.13. The Morgan fingerprint density at radius 1 is 1.27 bits per heavy atom. The zero-order chi connectivity index (χ0) is 15.7. The van der Waals surface area contributed by atoms with E-state index in [1.165, 1.54) is 36.6 Å². The Bertz CT molecular complexity index is 892. The molecule has 0 saturated heterocycles. The molecule has 0 aliphatic rings. The van der Waals surface area contributed by atoms with Crippen molar-refractivity contribution in [3.8, 4) is 11.5 Å². The van der Waals surface area contributed by atoms with Crippen molar-refractivity contribution in [2.45, 2.75) is 6.92 Å². The van der Waals surface area contributed by atoms with Gasteiger partial charge >= 0.3 is 0 Å². The topological polar surface area (TPSA) is 68.6 Å². The van der Waals surface area contributed by atoms with E-state index < -0.39 is 5.82 Å². The molecule has 0 N–H and O–H groups in total. The number of Topliss-reactive ketones (excluding diaryl/α,β-unsaturated/α-hetero) is 1. The number of halogens is 1. The first-order valence-electron chi connectivity index (χ1n) is 6.28. The Morgan fingerprint density at radius 3 is 2.77 bits per heavy atom. The predicted molar refractivity (Wildman–Crippen MR) is 81.6 cm³/mol. The fourth-order valence-corrected chi connectivity index (χ4v) is 2.88. The van der Waals surface area contributed by atoms with Crippen molar-refractivity contribution in [1.82, 2.24) is 4.98 Å². The number of nitroso groups, excluding NO2 is 1. The van der Waals surface area contributed by atoms with Gasteiger partial charge in [0.25, 0.3) is 0 Å². The molecule has 0 radical (unpaired) electrons. The Labute approximate surface area is 128 Å². The van der Waals surface area contributed by atoms with Crippen molar-refractivity contribution in [2.75, 3.05) is 0 Å². The lowest BCUT2D eigenvalue weighted by Gasteiger charge is -2.07.